The van der Waals surface area contributed by atoms with Gasteiger partial charge in [-0.05, 0) is 24.3 Å². The highest BCUT2D eigenvalue weighted by atomic mass is 32.2. The smallest absolute Gasteiger partial charge is 0.185 e. The number of hydrogen-bond donors (Lipinski definition) is 0. The van der Waals surface area contributed by atoms with Crippen molar-refractivity contribution in [2.75, 3.05) is 11.5 Å². The van der Waals surface area contributed by atoms with Crippen LogP contribution in [0.3, 0.4) is 0 Å². The van der Waals surface area contributed by atoms with Gasteiger partial charge in [-0.25, -0.2) is 4.98 Å². The summed E-state index contributed by atoms with van der Waals surface area (Å²) in [6.45, 7) is 0. The predicted octanol–water partition coefficient (Wildman–Crippen LogP) is 1.76. The van der Waals surface area contributed by atoms with E-state index in [0.717, 1.165) is 19.1 Å². The van der Waals surface area contributed by atoms with E-state index in [4.69, 9.17) is 0 Å². The van der Waals surface area contributed by atoms with Crippen LogP contribution in [0.5, 0.6) is 0 Å². The third-order valence-electron chi connectivity index (χ3n) is 2.39. The van der Waals surface area contributed by atoms with Crippen LogP contribution in [-0.2, 0) is 0 Å². The molecular formula is C9H12N2OS. The maximum Gasteiger partial charge on any atom is 0.185 e. The molecule has 0 bridgehead atoms. The summed E-state index contributed by atoms with van der Waals surface area (Å²) in [4.78, 5) is 14.6. The number of hydrogen-bond acceptors (Lipinski definition) is 3. The molecule has 0 spiro atoms. The number of carbonyl (C=O) groups is 1. The van der Waals surface area contributed by atoms with Crippen molar-refractivity contribution in [2.24, 2.45) is 0 Å². The van der Waals surface area contributed by atoms with Gasteiger partial charge in [-0.15, -0.1) is 0 Å². The first-order chi connectivity index (χ1) is 6.42. The lowest BCUT2D eigenvalue weighted by atomic mass is 10.1. The average Bonchev–Trinajstić information content (AvgIpc) is 2.67. The molecule has 1 saturated heterocycles. The van der Waals surface area contributed by atoms with Crippen molar-refractivity contribution in [2.45, 2.75) is 18.9 Å². The zero-order chi connectivity index (χ0) is 9.10. The lowest BCUT2D eigenvalue weighted by Crippen LogP contribution is -2.16. The van der Waals surface area contributed by atoms with Crippen LogP contribution in [0.1, 0.15) is 29.5 Å². The van der Waals surface area contributed by atoms with Crippen LogP contribution in [0.4, 0.5) is 0 Å². The number of rotatable bonds is 2. The number of imidazole rings is 1. The van der Waals surface area contributed by atoms with E-state index in [1.54, 1.807) is 6.20 Å². The van der Waals surface area contributed by atoms with Crippen LogP contribution in [0.15, 0.2) is 12.4 Å². The minimum Gasteiger partial charge on any atom is -0.326 e. The number of carbonyl (C=O) groups excluding carboxylic acids is 1. The van der Waals surface area contributed by atoms with Gasteiger partial charge in [-0.3, -0.25) is 4.79 Å². The molecule has 4 heteroatoms. The predicted molar refractivity (Wildman–Crippen MR) is 53.2 cm³/mol. The van der Waals surface area contributed by atoms with Crippen LogP contribution in [0, 0.1) is 0 Å². The summed E-state index contributed by atoms with van der Waals surface area (Å²) in [5, 5.41) is 0. The largest absolute Gasteiger partial charge is 0.326 e. The second kappa shape index (κ2) is 3.96. The van der Waals surface area contributed by atoms with Gasteiger partial charge in [0, 0.05) is 18.4 Å². The van der Waals surface area contributed by atoms with Gasteiger partial charge in [0.15, 0.2) is 12.1 Å². The molecular weight excluding hydrogens is 184 g/mol. The molecule has 1 aliphatic rings. The number of aldehydes is 1. The van der Waals surface area contributed by atoms with E-state index in [1.807, 2.05) is 22.5 Å². The average molecular weight is 196 g/mol. The maximum atomic E-state index is 10.6. The van der Waals surface area contributed by atoms with Crippen molar-refractivity contribution in [3.63, 3.8) is 0 Å². The topological polar surface area (TPSA) is 34.9 Å². The van der Waals surface area contributed by atoms with E-state index in [9.17, 15) is 4.79 Å². The van der Waals surface area contributed by atoms with Crippen molar-refractivity contribution in [3.8, 4) is 0 Å². The van der Waals surface area contributed by atoms with E-state index in [-0.39, 0.29) is 0 Å². The van der Waals surface area contributed by atoms with Gasteiger partial charge in [-0.1, -0.05) is 0 Å². The second-order valence-electron chi connectivity index (χ2n) is 3.15. The Hall–Kier alpha value is -0.770. The summed E-state index contributed by atoms with van der Waals surface area (Å²) in [5.74, 6) is 2.96. The Balaban J connectivity index is 2.17. The molecule has 3 nitrogen and oxygen atoms in total. The molecule has 2 rings (SSSR count). The molecule has 0 saturated carbocycles. The molecule has 0 N–H and O–H groups in total. The summed E-state index contributed by atoms with van der Waals surface area (Å²) in [5.41, 5.74) is 0. The molecule has 0 amide bonds. The van der Waals surface area contributed by atoms with Gasteiger partial charge in [-0.2, -0.15) is 11.8 Å². The Bertz CT molecular complexity index is 292. The Labute approximate surface area is 81.5 Å². The molecule has 13 heavy (non-hydrogen) atoms. The Morgan fingerprint density at radius 2 is 2.31 bits per heavy atom. The number of nitrogens with zero attached hydrogens (tertiary/aromatic N) is 2. The minimum absolute atomic E-state index is 0.490. The summed E-state index contributed by atoms with van der Waals surface area (Å²) < 4.78 is 2.01. The van der Waals surface area contributed by atoms with E-state index >= 15 is 0 Å². The van der Waals surface area contributed by atoms with E-state index < -0.39 is 0 Å². The van der Waals surface area contributed by atoms with Crippen LogP contribution in [0.25, 0.3) is 0 Å². The summed E-state index contributed by atoms with van der Waals surface area (Å²) in [6, 6.07) is 0.490. The minimum atomic E-state index is 0.490. The van der Waals surface area contributed by atoms with Crippen molar-refractivity contribution in [3.05, 3.63) is 18.2 Å². The number of thioether (sulfide) groups is 1. The fraction of sp³-hybridized carbons (Fsp3) is 0.556. The molecule has 1 aliphatic heterocycles. The highest BCUT2D eigenvalue weighted by molar-refractivity contribution is 7.99. The zero-order valence-electron chi connectivity index (χ0n) is 7.35. The first-order valence-electron chi connectivity index (χ1n) is 4.47. The molecule has 1 aromatic rings. The fourth-order valence-electron chi connectivity index (χ4n) is 1.69. The molecule has 2 heterocycles. The molecule has 1 aromatic heterocycles. The normalized spacial score (nSPS) is 18.8. The summed E-state index contributed by atoms with van der Waals surface area (Å²) >= 11 is 1.99. The molecule has 0 aliphatic carbocycles. The summed E-state index contributed by atoms with van der Waals surface area (Å²) in [6.07, 6.45) is 6.75. The van der Waals surface area contributed by atoms with Crippen molar-refractivity contribution in [1.82, 2.24) is 9.55 Å². The molecule has 70 valence electrons. The fourth-order valence-corrected chi connectivity index (χ4v) is 2.77. The first kappa shape index (κ1) is 8.81. The first-order valence-corrected chi connectivity index (χ1v) is 5.63. The molecule has 0 aromatic carbocycles. The van der Waals surface area contributed by atoms with Gasteiger partial charge in [0.05, 0.1) is 0 Å². The van der Waals surface area contributed by atoms with Crippen molar-refractivity contribution in [1.29, 1.82) is 0 Å². The lowest BCUT2D eigenvalue weighted by molar-refractivity contribution is 0.110. The number of aromatic nitrogens is 2. The highest BCUT2D eigenvalue weighted by Gasteiger charge is 2.17. The van der Waals surface area contributed by atoms with Crippen molar-refractivity contribution < 1.29 is 4.79 Å². The maximum absolute atomic E-state index is 10.6. The Kier molecular flexibility index (Phi) is 2.68. The standard InChI is InChI=1S/C9H12N2OS/c12-7-9-10-3-4-11(9)8-1-5-13-6-2-8/h3-4,7-8H,1-2,5-6H2. The Morgan fingerprint density at radius 3 is 3.00 bits per heavy atom. The van der Waals surface area contributed by atoms with Crippen LogP contribution >= 0.6 is 11.8 Å². The lowest BCUT2D eigenvalue weighted by Gasteiger charge is -2.23. The Morgan fingerprint density at radius 1 is 1.54 bits per heavy atom. The summed E-state index contributed by atoms with van der Waals surface area (Å²) in [7, 11) is 0. The van der Waals surface area contributed by atoms with Gasteiger partial charge in [0.1, 0.15) is 0 Å². The second-order valence-corrected chi connectivity index (χ2v) is 4.38. The zero-order valence-corrected chi connectivity index (χ0v) is 8.17. The van der Waals surface area contributed by atoms with E-state index in [1.165, 1.54) is 11.5 Å². The SMILES string of the molecule is O=Cc1nccn1C1CCSCC1. The molecule has 0 radical (unpaired) electrons. The van der Waals surface area contributed by atoms with E-state index in [2.05, 4.69) is 4.98 Å². The van der Waals surface area contributed by atoms with Gasteiger partial charge in [0.2, 0.25) is 0 Å². The van der Waals surface area contributed by atoms with Gasteiger partial charge >= 0.3 is 0 Å². The molecule has 1 fully saturated rings. The van der Waals surface area contributed by atoms with Crippen LogP contribution < -0.4 is 0 Å². The molecule has 0 atom stereocenters. The molecule has 0 unspecified atom stereocenters. The van der Waals surface area contributed by atoms with Gasteiger partial charge in [0.25, 0.3) is 0 Å². The quantitative estimate of drug-likeness (QED) is 0.676. The van der Waals surface area contributed by atoms with Gasteiger partial charge < -0.3 is 4.57 Å². The van der Waals surface area contributed by atoms with E-state index in [0.29, 0.717) is 11.9 Å². The van der Waals surface area contributed by atoms with Crippen LogP contribution in [0.2, 0.25) is 0 Å². The van der Waals surface area contributed by atoms with Crippen LogP contribution in [-0.4, -0.2) is 27.3 Å². The highest BCUT2D eigenvalue weighted by Crippen LogP contribution is 2.27. The van der Waals surface area contributed by atoms with Crippen molar-refractivity contribution >= 4 is 18.0 Å². The third kappa shape index (κ3) is 1.77. The monoisotopic (exact) mass is 196 g/mol. The third-order valence-corrected chi connectivity index (χ3v) is 3.44.